The van der Waals surface area contributed by atoms with E-state index in [1.54, 1.807) is 0 Å². The fourth-order valence-electron chi connectivity index (χ4n) is 2.50. The van der Waals surface area contributed by atoms with Gasteiger partial charge in [-0.05, 0) is 32.9 Å². The van der Waals surface area contributed by atoms with Crippen molar-refractivity contribution in [1.29, 1.82) is 0 Å². The molecule has 0 amide bonds. The molecule has 2 aliphatic heterocycles. The van der Waals surface area contributed by atoms with Crippen LogP contribution in [0.3, 0.4) is 0 Å². The van der Waals surface area contributed by atoms with Gasteiger partial charge in [0.25, 0.3) is 0 Å². The van der Waals surface area contributed by atoms with Crippen LogP contribution in [0.15, 0.2) is 0 Å². The Balaban J connectivity index is 1.64. The summed E-state index contributed by atoms with van der Waals surface area (Å²) >= 11 is 0. The average molecular weight is 197 g/mol. The van der Waals surface area contributed by atoms with E-state index in [1.165, 1.54) is 58.7 Å². The molecule has 0 aromatic carbocycles. The largest absolute Gasteiger partial charge is 0.312 e. The highest BCUT2D eigenvalue weighted by Gasteiger charge is 2.17. The molecule has 2 aliphatic rings. The topological polar surface area (TPSA) is 18.5 Å². The molecule has 2 heterocycles. The molecule has 82 valence electrons. The first kappa shape index (κ1) is 10.4. The zero-order valence-corrected chi connectivity index (χ0v) is 9.34. The molecule has 0 aliphatic carbocycles. The summed E-state index contributed by atoms with van der Waals surface area (Å²) in [6.45, 7) is 11.1. The summed E-state index contributed by atoms with van der Waals surface area (Å²) in [6, 6.07) is 0.683. The van der Waals surface area contributed by atoms with Crippen molar-refractivity contribution in [1.82, 2.24) is 15.1 Å². The van der Waals surface area contributed by atoms with Gasteiger partial charge in [-0.25, -0.2) is 0 Å². The minimum atomic E-state index is 0.683. The Bertz CT molecular complexity index is 166. The Hall–Kier alpha value is -0.120. The zero-order valence-electron chi connectivity index (χ0n) is 9.34. The van der Waals surface area contributed by atoms with Gasteiger partial charge >= 0.3 is 0 Å². The van der Waals surface area contributed by atoms with Crippen LogP contribution in [0.5, 0.6) is 0 Å². The molecule has 0 unspecified atom stereocenters. The molecule has 2 fully saturated rings. The summed E-state index contributed by atoms with van der Waals surface area (Å²) < 4.78 is 0. The number of piperazine rings is 1. The maximum absolute atomic E-state index is 3.48. The van der Waals surface area contributed by atoms with Gasteiger partial charge in [0.05, 0.1) is 0 Å². The highest BCUT2D eigenvalue weighted by molar-refractivity contribution is 4.76. The van der Waals surface area contributed by atoms with Crippen molar-refractivity contribution < 1.29 is 0 Å². The van der Waals surface area contributed by atoms with Crippen LogP contribution in [0, 0.1) is 0 Å². The van der Waals surface area contributed by atoms with E-state index >= 15 is 0 Å². The van der Waals surface area contributed by atoms with Crippen LogP contribution in [0.1, 0.15) is 19.8 Å². The molecule has 1 atom stereocenters. The van der Waals surface area contributed by atoms with E-state index in [0.29, 0.717) is 6.04 Å². The van der Waals surface area contributed by atoms with Crippen molar-refractivity contribution in [3.63, 3.8) is 0 Å². The zero-order chi connectivity index (χ0) is 9.80. The Labute approximate surface area is 87.4 Å². The summed E-state index contributed by atoms with van der Waals surface area (Å²) in [4.78, 5) is 5.20. The van der Waals surface area contributed by atoms with Crippen molar-refractivity contribution in [3.8, 4) is 0 Å². The van der Waals surface area contributed by atoms with E-state index in [4.69, 9.17) is 0 Å². The summed E-state index contributed by atoms with van der Waals surface area (Å²) in [5.74, 6) is 0. The van der Waals surface area contributed by atoms with Crippen molar-refractivity contribution >= 4 is 0 Å². The SMILES string of the molecule is C[C@@H]1CN(CCN2CCCC2)CCN1. The molecule has 3 nitrogen and oxygen atoms in total. The van der Waals surface area contributed by atoms with E-state index in [-0.39, 0.29) is 0 Å². The van der Waals surface area contributed by atoms with Crippen LogP contribution in [0.25, 0.3) is 0 Å². The molecular formula is C11H23N3. The smallest absolute Gasteiger partial charge is 0.0167 e. The number of nitrogens with zero attached hydrogens (tertiary/aromatic N) is 2. The normalized spacial score (nSPS) is 31.1. The Morgan fingerprint density at radius 1 is 1.07 bits per heavy atom. The monoisotopic (exact) mass is 197 g/mol. The first-order valence-corrected chi connectivity index (χ1v) is 6.03. The van der Waals surface area contributed by atoms with Crippen molar-refractivity contribution in [2.75, 3.05) is 45.8 Å². The molecule has 2 rings (SSSR count). The molecule has 0 aromatic rings. The van der Waals surface area contributed by atoms with Crippen molar-refractivity contribution in [2.45, 2.75) is 25.8 Å². The van der Waals surface area contributed by atoms with Crippen molar-refractivity contribution in [3.05, 3.63) is 0 Å². The summed E-state index contributed by atoms with van der Waals surface area (Å²) in [7, 11) is 0. The predicted molar refractivity (Wildman–Crippen MR) is 59.6 cm³/mol. The lowest BCUT2D eigenvalue weighted by atomic mass is 10.2. The number of nitrogens with one attached hydrogen (secondary N) is 1. The van der Waals surface area contributed by atoms with Crippen molar-refractivity contribution in [2.24, 2.45) is 0 Å². The number of rotatable bonds is 3. The number of hydrogen-bond donors (Lipinski definition) is 1. The highest BCUT2D eigenvalue weighted by atomic mass is 15.2. The van der Waals surface area contributed by atoms with E-state index in [0.717, 1.165) is 0 Å². The second-order valence-corrected chi connectivity index (χ2v) is 4.70. The van der Waals surface area contributed by atoms with Gasteiger partial charge in [-0.15, -0.1) is 0 Å². The van der Waals surface area contributed by atoms with E-state index in [9.17, 15) is 0 Å². The van der Waals surface area contributed by atoms with Gasteiger partial charge in [-0.2, -0.15) is 0 Å². The highest BCUT2D eigenvalue weighted by Crippen LogP contribution is 2.07. The fourth-order valence-corrected chi connectivity index (χ4v) is 2.50. The van der Waals surface area contributed by atoms with Crippen LogP contribution in [-0.4, -0.2) is 61.7 Å². The fraction of sp³-hybridized carbons (Fsp3) is 1.00. The standard InChI is InChI=1S/C11H23N3/c1-11-10-14(7-4-12-11)9-8-13-5-2-3-6-13/h11-12H,2-10H2,1H3/t11-/m1/s1. The first-order chi connectivity index (χ1) is 6.84. The third-order valence-electron chi connectivity index (χ3n) is 3.38. The van der Waals surface area contributed by atoms with Crippen LogP contribution in [0.4, 0.5) is 0 Å². The summed E-state index contributed by atoms with van der Waals surface area (Å²) in [5, 5.41) is 3.48. The van der Waals surface area contributed by atoms with Gasteiger partial charge in [0, 0.05) is 38.8 Å². The second kappa shape index (κ2) is 5.10. The molecule has 0 aromatic heterocycles. The Morgan fingerprint density at radius 3 is 2.50 bits per heavy atom. The molecule has 0 saturated carbocycles. The minimum absolute atomic E-state index is 0.683. The number of hydrogen-bond acceptors (Lipinski definition) is 3. The maximum Gasteiger partial charge on any atom is 0.0167 e. The Morgan fingerprint density at radius 2 is 1.79 bits per heavy atom. The first-order valence-electron chi connectivity index (χ1n) is 6.03. The molecule has 0 radical (unpaired) electrons. The van der Waals surface area contributed by atoms with Gasteiger partial charge in [-0.3, -0.25) is 4.90 Å². The molecule has 3 heteroatoms. The molecular weight excluding hydrogens is 174 g/mol. The third-order valence-corrected chi connectivity index (χ3v) is 3.38. The van der Waals surface area contributed by atoms with Gasteiger partial charge in [-0.1, -0.05) is 0 Å². The third kappa shape index (κ3) is 2.94. The minimum Gasteiger partial charge on any atom is -0.312 e. The quantitative estimate of drug-likeness (QED) is 0.705. The van der Waals surface area contributed by atoms with E-state index in [1.807, 2.05) is 0 Å². The van der Waals surface area contributed by atoms with Gasteiger partial charge in [0.1, 0.15) is 0 Å². The molecule has 2 saturated heterocycles. The molecule has 14 heavy (non-hydrogen) atoms. The Kier molecular flexibility index (Phi) is 3.79. The lowest BCUT2D eigenvalue weighted by Crippen LogP contribution is -2.50. The summed E-state index contributed by atoms with van der Waals surface area (Å²) in [6.07, 6.45) is 2.83. The van der Waals surface area contributed by atoms with Crippen LogP contribution in [0.2, 0.25) is 0 Å². The van der Waals surface area contributed by atoms with Crippen LogP contribution in [-0.2, 0) is 0 Å². The molecule has 0 spiro atoms. The van der Waals surface area contributed by atoms with Gasteiger partial charge in [0.2, 0.25) is 0 Å². The average Bonchev–Trinajstić information content (AvgIpc) is 2.67. The lowest BCUT2D eigenvalue weighted by molar-refractivity contribution is 0.181. The van der Waals surface area contributed by atoms with E-state index in [2.05, 4.69) is 22.0 Å². The number of likely N-dealkylation sites (tertiary alicyclic amines) is 1. The summed E-state index contributed by atoms with van der Waals surface area (Å²) in [5.41, 5.74) is 0. The predicted octanol–water partition coefficient (Wildman–Crippen LogP) is 0.376. The molecule has 0 bridgehead atoms. The van der Waals surface area contributed by atoms with Gasteiger partial charge in [0.15, 0.2) is 0 Å². The van der Waals surface area contributed by atoms with Gasteiger partial charge < -0.3 is 10.2 Å². The van der Waals surface area contributed by atoms with E-state index < -0.39 is 0 Å². The lowest BCUT2D eigenvalue weighted by Gasteiger charge is -2.32. The van der Waals surface area contributed by atoms with Crippen LogP contribution >= 0.6 is 0 Å². The maximum atomic E-state index is 3.48. The van der Waals surface area contributed by atoms with Crippen LogP contribution < -0.4 is 5.32 Å². The second-order valence-electron chi connectivity index (χ2n) is 4.70. The molecule has 1 N–H and O–H groups in total.